The lowest BCUT2D eigenvalue weighted by molar-refractivity contribution is 0.0248. The zero-order chi connectivity index (χ0) is 17.3. The van der Waals surface area contributed by atoms with E-state index in [-0.39, 0.29) is 5.54 Å². The van der Waals surface area contributed by atoms with E-state index >= 15 is 0 Å². The normalized spacial score (nSPS) is 19.5. The van der Waals surface area contributed by atoms with Gasteiger partial charge >= 0.3 is 0 Å². The number of unbranched alkanes of at least 4 members (excludes halogenated alkanes) is 1. The minimum absolute atomic E-state index is 0.286. The van der Waals surface area contributed by atoms with Crippen LogP contribution in [0.4, 0.5) is 0 Å². The lowest BCUT2D eigenvalue weighted by Crippen LogP contribution is -2.48. The fourth-order valence-electron chi connectivity index (χ4n) is 3.23. The molecule has 1 aromatic rings. The van der Waals surface area contributed by atoms with Crippen molar-refractivity contribution in [2.24, 2.45) is 5.92 Å². The highest BCUT2D eigenvalue weighted by Crippen LogP contribution is 2.23. The van der Waals surface area contributed by atoms with Gasteiger partial charge < -0.3 is 9.47 Å². The first-order valence-electron chi connectivity index (χ1n) is 9.50. The molecule has 3 heteroatoms. The molecular formula is C21H35NO2. The fourth-order valence-corrected chi connectivity index (χ4v) is 3.23. The monoisotopic (exact) mass is 333 g/mol. The predicted octanol–water partition coefficient (Wildman–Crippen LogP) is 4.51. The molecular weight excluding hydrogens is 298 g/mol. The molecule has 1 unspecified atom stereocenters. The van der Waals surface area contributed by atoms with Gasteiger partial charge in [-0.05, 0) is 64.5 Å². The molecule has 1 heterocycles. The average molecular weight is 334 g/mol. The number of hydrogen-bond donors (Lipinski definition) is 0. The quantitative estimate of drug-likeness (QED) is 0.621. The molecule has 0 amide bonds. The van der Waals surface area contributed by atoms with Gasteiger partial charge in [-0.3, -0.25) is 4.90 Å². The summed E-state index contributed by atoms with van der Waals surface area (Å²) in [6, 6.07) is 10.4. The van der Waals surface area contributed by atoms with Crippen LogP contribution in [0.5, 0.6) is 0 Å². The molecule has 0 spiro atoms. The second-order valence-corrected chi connectivity index (χ2v) is 7.95. The highest BCUT2D eigenvalue weighted by atomic mass is 16.5. The fraction of sp³-hybridized carbons (Fsp3) is 0.714. The Bertz CT molecular complexity index is 441. The molecule has 0 aliphatic carbocycles. The Morgan fingerprint density at radius 2 is 1.75 bits per heavy atom. The molecule has 1 aliphatic rings. The number of rotatable bonds is 9. The topological polar surface area (TPSA) is 21.7 Å². The highest BCUT2D eigenvalue weighted by molar-refractivity contribution is 5.13. The number of hydrogen-bond acceptors (Lipinski definition) is 3. The summed E-state index contributed by atoms with van der Waals surface area (Å²) in [5.41, 5.74) is 1.53. The second-order valence-electron chi connectivity index (χ2n) is 7.95. The molecule has 1 aliphatic heterocycles. The molecule has 3 nitrogen and oxygen atoms in total. The van der Waals surface area contributed by atoms with Crippen molar-refractivity contribution in [3.63, 3.8) is 0 Å². The minimum atomic E-state index is 0.286. The molecule has 1 atom stereocenters. The van der Waals surface area contributed by atoms with Crippen LogP contribution in [-0.4, -0.2) is 43.3 Å². The number of likely N-dealkylation sites (tertiary alicyclic amines) is 1. The highest BCUT2D eigenvalue weighted by Gasteiger charge is 2.27. The van der Waals surface area contributed by atoms with E-state index in [1.54, 1.807) is 0 Å². The Kier molecular flexibility index (Phi) is 8.23. The number of piperidine rings is 1. The Balaban J connectivity index is 1.46. The number of nitrogens with zero attached hydrogens (tertiary/aromatic N) is 1. The molecule has 1 fully saturated rings. The summed E-state index contributed by atoms with van der Waals surface area (Å²) in [6.45, 7) is 12.7. The van der Waals surface area contributed by atoms with Gasteiger partial charge in [0.05, 0.1) is 13.2 Å². The van der Waals surface area contributed by atoms with Crippen LogP contribution in [0.1, 0.15) is 52.0 Å². The summed E-state index contributed by atoms with van der Waals surface area (Å²) in [4.78, 5) is 2.60. The predicted molar refractivity (Wildman–Crippen MR) is 100 cm³/mol. The van der Waals surface area contributed by atoms with Crippen LogP contribution in [0, 0.1) is 5.92 Å². The van der Waals surface area contributed by atoms with Crippen molar-refractivity contribution in [3.8, 4) is 0 Å². The van der Waals surface area contributed by atoms with E-state index in [0.29, 0.717) is 12.5 Å². The van der Waals surface area contributed by atoms with Crippen LogP contribution in [0.25, 0.3) is 0 Å². The Morgan fingerprint density at radius 3 is 2.46 bits per heavy atom. The SMILES string of the molecule is CC(C)(C)N1CCCC(COCCCCOCc2ccccc2)C1. The third kappa shape index (κ3) is 7.33. The Morgan fingerprint density at radius 1 is 1.04 bits per heavy atom. The van der Waals surface area contributed by atoms with Gasteiger partial charge in [0.15, 0.2) is 0 Å². The zero-order valence-corrected chi connectivity index (χ0v) is 15.8. The molecule has 24 heavy (non-hydrogen) atoms. The maximum absolute atomic E-state index is 5.92. The van der Waals surface area contributed by atoms with Crippen LogP contribution in [0.15, 0.2) is 30.3 Å². The van der Waals surface area contributed by atoms with Crippen molar-refractivity contribution in [1.82, 2.24) is 4.90 Å². The lowest BCUT2D eigenvalue weighted by atomic mass is 9.94. The molecule has 1 saturated heterocycles. The van der Waals surface area contributed by atoms with E-state index in [2.05, 4.69) is 49.9 Å². The Labute approximate surface area is 148 Å². The van der Waals surface area contributed by atoms with E-state index in [0.717, 1.165) is 32.7 Å². The van der Waals surface area contributed by atoms with E-state index in [1.807, 2.05) is 6.07 Å². The summed E-state index contributed by atoms with van der Waals surface area (Å²) in [5, 5.41) is 0. The summed E-state index contributed by atoms with van der Waals surface area (Å²) in [5.74, 6) is 0.701. The van der Waals surface area contributed by atoms with Crippen molar-refractivity contribution in [2.45, 2.75) is 58.6 Å². The maximum Gasteiger partial charge on any atom is 0.0716 e. The van der Waals surface area contributed by atoms with Gasteiger partial charge in [0.25, 0.3) is 0 Å². The van der Waals surface area contributed by atoms with Gasteiger partial charge in [-0.15, -0.1) is 0 Å². The number of benzene rings is 1. The van der Waals surface area contributed by atoms with Crippen LogP contribution in [-0.2, 0) is 16.1 Å². The molecule has 0 aromatic heterocycles. The van der Waals surface area contributed by atoms with Gasteiger partial charge in [0, 0.05) is 25.3 Å². The van der Waals surface area contributed by atoms with Gasteiger partial charge in [-0.2, -0.15) is 0 Å². The number of ether oxygens (including phenoxy) is 2. The van der Waals surface area contributed by atoms with Crippen LogP contribution < -0.4 is 0 Å². The van der Waals surface area contributed by atoms with E-state index in [4.69, 9.17) is 9.47 Å². The summed E-state index contributed by atoms with van der Waals surface area (Å²) in [7, 11) is 0. The van der Waals surface area contributed by atoms with E-state index < -0.39 is 0 Å². The minimum Gasteiger partial charge on any atom is -0.381 e. The van der Waals surface area contributed by atoms with E-state index in [1.165, 1.54) is 31.5 Å². The van der Waals surface area contributed by atoms with Crippen molar-refractivity contribution in [3.05, 3.63) is 35.9 Å². The molecule has 0 radical (unpaired) electrons. The van der Waals surface area contributed by atoms with Crippen LogP contribution >= 0.6 is 0 Å². The summed E-state index contributed by atoms with van der Waals surface area (Å²) >= 11 is 0. The first kappa shape index (κ1) is 19.4. The second kappa shape index (κ2) is 10.2. The standard InChI is InChI=1S/C21H35NO2/c1-21(2,3)22-13-9-12-20(16-22)18-24-15-8-7-14-23-17-19-10-5-4-6-11-19/h4-6,10-11,20H,7-9,12-18H2,1-3H3. The molecule has 2 rings (SSSR count). The zero-order valence-electron chi connectivity index (χ0n) is 15.8. The molecule has 1 aromatic carbocycles. The van der Waals surface area contributed by atoms with Crippen LogP contribution in [0.2, 0.25) is 0 Å². The molecule has 136 valence electrons. The average Bonchev–Trinajstić information content (AvgIpc) is 2.58. The first-order chi connectivity index (χ1) is 11.6. The maximum atomic E-state index is 5.92. The third-order valence-electron chi connectivity index (χ3n) is 4.76. The van der Waals surface area contributed by atoms with Gasteiger partial charge in [0.2, 0.25) is 0 Å². The molecule has 0 saturated carbocycles. The molecule has 0 bridgehead atoms. The van der Waals surface area contributed by atoms with Crippen molar-refractivity contribution >= 4 is 0 Å². The first-order valence-corrected chi connectivity index (χ1v) is 9.50. The lowest BCUT2D eigenvalue weighted by Gasteiger charge is -2.41. The van der Waals surface area contributed by atoms with Crippen molar-refractivity contribution in [2.75, 3.05) is 32.9 Å². The smallest absolute Gasteiger partial charge is 0.0716 e. The summed E-state index contributed by atoms with van der Waals surface area (Å²) < 4.78 is 11.6. The van der Waals surface area contributed by atoms with Crippen LogP contribution in [0.3, 0.4) is 0 Å². The van der Waals surface area contributed by atoms with Gasteiger partial charge in [-0.1, -0.05) is 30.3 Å². The van der Waals surface area contributed by atoms with Crippen molar-refractivity contribution < 1.29 is 9.47 Å². The largest absolute Gasteiger partial charge is 0.381 e. The van der Waals surface area contributed by atoms with E-state index in [9.17, 15) is 0 Å². The van der Waals surface area contributed by atoms with Gasteiger partial charge in [0.1, 0.15) is 0 Å². The molecule has 0 N–H and O–H groups in total. The Hall–Kier alpha value is -0.900. The van der Waals surface area contributed by atoms with Crippen molar-refractivity contribution in [1.29, 1.82) is 0 Å². The third-order valence-corrected chi connectivity index (χ3v) is 4.76. The van der Waals surface area contributed by atoms with Gasteiger partial charge in [-0.25, -0.2) is 0 Å². The summed E-state index contributed by atoms with van der Waals surface area (Å²) in [6.07, 6.45) is 4.78.